The molecule has 0 amide bonds. The number of aliphatic hydroxyl groups is 5. The second-order valence-electron chi connectivity index (χ2n) is 8.78. The lowest BCUT2D eigenvalue weighted by atomic mass is 9.84. The van der Waals surface area contributed by atoms with Gasteiger partial charge in [0.1, 0.15) is 36.6 Å². The van der Waals surface area contributed by atoms with Crippen molar-refractivity contribution < 1.29 is 44.5 Å². The first-order chi connectivity index (χ1) is 15.1. The van der Waals surface area contributed by atoms with E-state index in [1.54, 1.807) is 0 Å². The van der Waals surface area contributed by atoms with Crippen molar-refractivity contribution in [1.29, 1.82) is 0 Å². The lowest BCUT2D eigenvalue weighted by Crippen LogP contribution is -2.68. The number of rotatable bonds is 6. The first kappa shape index (κ1) is 26.1. The molecule has 14 atom stereocenters. The number of hydrogen-bond donors (Lipinski definition) is 10. The topological polar surface area (TPSA) is 268 Å². The van der Waals surface area contributed by atoms with Crippen LogP contribution in [0.25, 0.3) is 0 Å². The third kappa shape index (κ3) is 5.24. The van der Waals surface area contributed by atoms with Gasteiger partial charge in [-0.2, -0.15) is 0 Å². The Morgan fingerprint density at radius 3 is 1.84 bits per heavy atom. The van der Waals surface area contributed by atoms with Gasteiger partial charge in [0.25, 0.3) is 0 Å². The van der Waals surface area contributed by atoms with Crippen molar-refractivity contribution in [3.8, 4) is 0 Å². The largest absolute Gasteiger partial charge is 0.394 e. The predicted octanol–water partition coefficient (Wildman–Crippen LogP) is -6.30. The van der Waals surface area contributed by atoms with Crippen molar-refractivity contribution in [2.24, 2.45) is 28.7 Å². The SMILES string of the molecule is NC[C@H]1O[C@@H](O[C@H]2[C@H](O)[C@@H](O[C@H]3O[C@H](CO)[C@@H](O)[C@H](N)C3O)[C@H](N)C[C@@H]2N)[C@H](N)C[C@@H]1O. The minimum atomic E-state index is -1.44. The van der Waals surface area contributed by atoms with Gasteiger partial charge in [-0.1, -0.05) is 0 Å². The van der Waals surface area contributed by atoms with Gasteiger partial charge in [0, 0.05) is 18.6 Å². The van der Waals surface area contributed by atoms with Gasteiger partial charge in [-0.3, -0.25) is 0 Å². The van der Waals surface area contributed by atoms with Crippen molar-refractivity contribution in [2.75, 3.05) is 13.2 Å². The van der Waals surface area contributed by atoms with Gasteiger partial charge in [-0.15, -0.1) is 0 Å². The van der Waals surface area contributed by atoms with Gasteiger partial charge in [0.05, 0.1) is 30.9 Å². The fourth-order valence-electron chi connectivity index (χ4n) is 4.43. The highest BCUT2D eigenvalue weighted by molar-refractivity contribution is 5.01. The van der Waals surface area contributed by atoms with E-state index in [4.69, 9.17) is 47.6 Å². The van der Waals surface area contributed by atoms with Crippen LogP contribution < -0.4 is 28.7 Å². The smallest absolute Gasteiger partial charge is 0.186 e. The van der Waals surface area contributed by atoms with Crippen LogP contribution in [0.15, 0.2) is 0 Å². The van der Waals surface area contributed by atoms with E-state index in [9.17, 15) is 25.5 Å². The predicted molar refractivity (Wildman–Crippen MR) is 108 cm³/mol. The molecule has 1 aliphatic carbocycles. The Kier molecular flexibility index (Phi) is 8.79. The Morgan fingerprint density at radius 1 is 0.719 bits per heavy atom. The molecule has 14 heteroatoms. The van der Waals surface area contributed by atoms with Crippen molar-refractivity contribution in [1.82, 2.24) is 0 Å². The summed E-state index contributed by atoms with van der Waals surface area (Å²) in [5, 5.41) is 50.7. The molecule has 3 aliphatic rings. The summed E-state index contributed by atoms with van der Waals surface area (Å²) in [4.78, 5) is 0. The Morgan fingerprint density at radius 2 is 1.28 bits per heavy atom. The molecule has 14 nitrogen and oxygen atoms in total. The van der Waals surface area contributed by atoms with Crippen LogP contribution in [0.3, 0.4) is 0 Å². The highest BCUT2D eigenvalue weighted by Crippen LogP contribution is 2.30. The molecule has 0 aromatic heterocycles. The molecule has 1 saturated carbocycles. The van der Waals surface area contributed by atoms with E-state index >= 15 is 0 Å². The first-order valence-corrected chi connectivity index (χ1v) is 10.8. The Bertz CT molecular complexity index is 607. The van der Waals surface area contributed by atoms with Crippen molar-refractivity contribution in [3.63, 3.8) is 0 Å². The molecule has 15 N–H and O–H groups in total. The second kappa shape index (κ2) is 10.8. The third-order valence-electron chi connectivity index (χ3n) is 6.41. The average Bonchev–Trinajstić information content (AvgIpc) is 2.75. The van der Waals surface area contributed by atoms with Crippen LogP contribution >= 0.6 is 0 Å². The summed E-state index contributed by atoms with van der Waals surface area (Å²) in [6, 6.07) is -3.27. The standard InChI is InChI=1S/C18H37N5O9/c19-3-9-8(25)2-7(22)17(29-9)31-15-5(20)1-6(21)16(14(15)28)32-18-13(27)11(23)12(26)10(4-24)30-18/h5-18,24-28H,1-4,19-23H2/t5-,6+,7+,8-,9+,10+,11-,12+,13?,14-,15+,16-,17-,18+/m0/s1. The lowest BCUT2D eigenvalue weighted by Gasteiger charge is -2.47. The summed E-state index contributed by atoms with van der Waals surface area (Å²) < 4.78 is 22.7. The van der Waals surface area contributed by atoms with E-state index in [1.165, 1.54) is 0 Å². The molecule has 3 fully saturated rings. The minimum absolute atomic E-state index is 0.0542. The van der Waals surface area contributed by atoms with Gasteiger partial charge in [-0.05, 0) is 12.8 Å². The summed E-state index contributed by atoms with van der Waals surface area (Å²) >= 11 is 0. The minimum Gasteiger partial charge on any atom is -0.394 e. The molecule has 0 radical (unpaired) electrons. The van der Waals surface area contributed by atoms with Crippen molar-refractivity contribution >= 4 is 0 Å². The lowest BCUT2D eigenvalue weighted by molar-refractivity contribution is -0.314. The van der Waals surface area contributed by atoms with Crippen LogP contribution in [0.5, 0.6) is 0 Å². The molecule has 3 rings (SSSR count). The number of nitrogens with two attached hydrogens (primary N) is 5. The van der Waals surface area contributed by atoms with E-state index in [2.05, 4.69) is 0 Å². The molecular weight excluding hydrogens is 430 g/mol. The molecule has 2 heterocycles. The molecule has 0 aromatic rings. The van der Waals surface area contributed by atoms with Gasteiger partial charge >= 0.3 is 0 Å². The maximum atomic E-state index is 11.0. The normalized spacial score (nSPS) is 52.7. The number of hydrogen-bond acceptors (Lipinski definition) is 14. The molecule has 2 saturated heterocycles. The third-order valence-corrected chi connectivity index (χ3v) is 6.41. The van der Waals surface area contributed by atoms with Crippen LogP contribution in [0.4, 0.5) is 0 Å². The van der Waals surface area contributed by atoms with E-state index in [1.807, 2.05) is 0 Å². The van der Waals surface area contributed by atoms with Gasteiger partial charge < -0.3 is 73.1 Å². The van der Waals surface area contributed by atoms with Crippen LogP contribution in [0.1, 0.15) is 12.8 Å². The number of ether oxygens (including phenoxy) is 4. The molecule has 32 heavy (non-hydrogen) atoms. The summed E-state index contributed by atoms with van der Waals surface area (Å²) in [7, 11) is 0. The fourth-order valence-corrected chi connectivity index (χ4v) is 4.43. The molecule has 2 aliphatic heterocycles. The summed E-state index contributed by atoms with van der Waals surface area (Å²) in [6.45, 7) is -0.499. The van der Waals surface area contributed by atoms with Crippen LogP contribution in [0.2, 0.25) is 0 Å². The Hall–Kier alpha value is -0.560. The van der Waals surface area contributed by atoms with E-state index < -0.39 is 92.2 Å². The highest BCUT2D eigenvalue weighted by atomic mass is 16.7. The van der Waals surface area contributed by atoms with E-state index in [-0.39, 0.29) is 19.4 Å². The van der Waals surface area contributed by atoms with E-state index in [0.29, 0.717) is 0 Å². The monoisotopic (exact) mass is 467 g/mol. The van der Waals surface area contributed by atoms with Crippen LogP contribution in [-0.2, 0) is 18.9 Å². The second-order valence-corrected chi connectivity index (χ2v) is 8.78. The van der Waals surface area contributed by atoms with Gasteiger partial charge in [-0.25, -0.2) is 0 Å². The van der Waals surface area contributed by atoms with Crippen molar-refractivity contribution in [2.45, 2.75) is 98.4 Å². The summed E-state index contributed by atoms with van der Waals surface area (Å²) in [5.74, 6) is 0. The van der Waals surface area contributed by atoms with Gasteiger partial charge in [0.15, 0.2) is 12.6 Å². The van der Waals surface area contributed by atoms with E-state index in [0.717, 1.165) is 0 Å². The molecule has 0 aromatic carbocycles. The first-order valence-electron chi connectivity index (χ1n) is 10.8. The zero-order valence-corrected chi connectivity index (χ0v) is 17.7. The van der Waals surface area contributed by atoms with Crippen LogP contribution in [0, 0.1) is 0 Å². The highest BCUT2D eigenvalue weighted by Gasteiger charge is 2.50. The molecule has 0 spiro atoms. The molecule has 0 bridgehead atoms. The quantitative estimate of drug-likeness (QED) is 0.174. The summed E-state index contributed by atoms with van der Waals surface area (Å²) in [6.07, 6.45) is -10.8. The van der Waals surface area contributed by atoms with Gasteiger partial charge in [0.2, 0.25) is 0 Å². The Labute approximate surface area is 185 Å². The Balaban J connectivity index is 1.70. The molecule has 1 unspecified atom stereocenters. The summed E-state index contributed by atoms with van der Waals surface area (Å²) in [5.41, 5.74) is 29.8. The maximum absolute atomic E-state index is 11.0. The van der Waals surface area contributed by atoms with Crippen molar-refractivity contribution in [3.05, 3.63) is 0 Å². The maximum Gasteiger partial charge on any atom is 0.186 e. The zero-order valence-electron chi connectivity index (χ0n) is 17.7. The fraction of sp³-hybridized carbons (Fsp3) is 1.00. The average molecular weight is 468 g/mol. The molecule has 188 valence electrons. The van der Waals surface area contributed by atoms with Crippen LogP contribution in [-0.4, -0.2) is 124 Å². The molecular formula is C18H37N5O9. The zero-order chi connectivity index (χ0) is 23.7. The number of aliphatic hydroxyl groups excluding tert-OH is 5.